The van der Waals surface area contributed by atoms with Gasteiger partial charge in [-0.25, -0.2) is 4.98 Å². The number of nitrogens with one attached hydrogen (secondary N) is 1. The van der Waals surface area contributed by atoms with Crippen molar-refractivity contribution in [1.82, 2.24) is 19.8 Å². The fraction of sp³-hybridized carbons (Fsp3) is 0.217. The van der Waals surface area contributed by atoms with Crippen LogP contribution in [0.4, 0.5) is 5.82 Å². The summed E-state index contributed by atoms with van der Waals surface area (Å²) in [7, 11) is 1.47. The molecule has 3 heterocycles. The minimum atomic E-state index is -0.623. The topological polar surface area (TPSA) is 145 Å². The molecule has 0 saturated heterocycles. The van der Waals surface area contributed by atoms with Gasteiger partial charge in [0.15, 0.2) is 17.3 Å². The number of fused-ring (bicyclic) bond motifs is 1. The Hall–Kier alpha value is -4.50. The largest absolute Gasteiger partial charge is 0.493 e. The van der Waals surface area contributed by atoms with E-state index in [1.54, 1.807) is 31.2 Å². The number of nitrogens with zero attached hydrogens (tertiary/aromatic N) is 5. The molecule has 3 aromatic heterocycles. The predicted octanol–water partition coefficient (Wildman–Crippen LogP) is 3.14. The van der Waals surface area contributed by atoms with E-state index in [-0.39, 0.29) is 23.6 Å². The number of carbonyl (C=O) groups excluding carboxylic acids is 1. The smallest absolute Gasteiger partial charge is 0.275 e. The molecule has 1 aromatic carbocycles. The monoisotopic (exact) mass is 492 g/mol. The highest BCUT2D eigenvalue weighted by atomic mass is 32.1. The number of hydrogen-bond acceptors (Lipinski definition) is 10. The van der Waals surface area contributed by atoms with E-state index in [9.17, 15) is 14.9 Å². The van der Waals surface area contributed by atoms with E-state index in [1.807, 2.05) is 13.0 Å². The van der Waals surface area contributed by atoms with Crippen LogP contribution in [0.1, 0.15) is 28.9 Å². The molecule has 0 fully saturated rings. The highest BCUT2D eigenvalue weighted by Gasteiger charge is 2.14. The average molecular weight is 493 g/mol. The number of methoxy groups -OCH3 is 1. The molecule has 4 aromatic rings. The van der Waals surface area contributed by atoms with Crippen LogP contribution in [0.2, 0.25) is 0 Å². The van der Waals surface area contributed by atoms with E-state index >= 15 is 0 Å². The van der Waals surface area contributed by atoms with Crippen LogP contribution in [0.5, 0.6) is 11.5 Å². The number of benzene rings is 1. The Labute approximate surface area is 203 Å². The molecule has 0 radical (unpaired) electrons. The van der Waals surface area contributed by atoms with Crippen molar-refractivity contribution in [3.8, 4) is 17.6 Å². The fourth-order valence-corrected chi connectivity index (χ4v) is 3.94. The summed E-state index contributed by atoms with van der Waals surface area (Å²) in [5.74, 6) is 0.910. The van der Waals surface area contributed by atoms with Gasteiger partial charge in [-0.1, -0.05) is 29.5 Å². The van der Waals surface area contributed by atoms with Crippen LogP contribution in [0.25, 0.3) is 11.0 Å². The van der Waals surface area contributed by atoms with Crippen LogP contribution in [0.3, 0.4) is 0 Å². The second-order valence-electron chi connectivity index (χ2n) is 7.28. The summed E-state index contributed by atoms with van der Waals surface area (Å²) in [6.45, 7) is 3.69. The van der Waals surface area contributed by atoms with Crippen LogP contribution in [-0.2, 0) is 17.8 Å². The summed E-state index contributed by atoms with van der Waals surface area (Å²) in [4.78, 5) is 29.7. The van der Waals surface area contributed by atoms with Crippen LogP contribution >= 0.6 is 11.3 Å². The fourth-order valence-electron chi connectivity index (χ4n) is 3.08. The number of anilines is 1. The van der Waals surface area contributed by atoms with Crippen molar-refractivity contribution >= 4 is 34.1 Å². The third kappa shape index (κ3) is 5.36. The quantitative estimate of drug-likeness (QED) is 0.290. The number of carbonyl (C=O) groups is 1. The van der Waals surface area contributed by atoms with Gasteiger partial charge in [0.05, 0.1) is 12.8 Å². The Kier molecular flexibility index (Phi) is 6.88. The first-order valence-corrected chi connectivity index (χ1v) is 11.3. The molecular weight excluding hydrogens is 472 g/mol. The third-order valence-electron chi connectivity index (χ3n) is 4.75. The molecule has 0 unspecified atom stereocenters. The molecule has 0 atom stereocenters. The number of nitriles is 1. The van der Waals surface area contributed by atoms with Gasteiger partial charge < -0.3 is 19.3 Å². The van der Waals surface area contributed by atoms with Crippen LogP contribution < -0.4 is 20.3 Å². The van der Waals surface area contributed by atoms with Gasteiger partial charge in [0.2, 0.25) is 4.96 Å². The Morgan fingerprint density at radius 2 is 2.14 bits per heavy atom. The van der Waals surface area contributed by atoms with Crippen molar-refractivity contribution in [3.05, 3.63) is 68.3 Å². The molecule has 12 heteroatoms. The van der Waals surface area contributed by atoms with Crippen molar-refractivity contribution in [2.24, 2.45) is 0 Å². The zero-order chi connectivity index (χ0) is 24.9. The molecule has 1 amide bonds. The van der Waals surface area contributed by atoms with E-state index in [1.165, 1.54) is 35.1 Å². The summed E-state index contributed by atoms with van der Waals surface area (Å²) in [6.07, 6.45) is 2.13. The highest BCUT2D eigenvalue weighted by Crippen LogP contribution is 2.29. The summed E-state index contributed by atoms with van der Waals surface area (Å²) >= 11 is 1.35. The standard InChI is InChI=1S/C23H20N6O5S/c1-4-20-27-29-21(30)10-16(25-23(29)35-20)12-33-17-6-5-14(9-18(17)32-3)8-15(11-24)22(31)26-19-7-13(2)34-28-19/h5-10H,4,12H2,1-3H3,(H,26,28,31)/b15-8-. The molecular formula is C23H20N6O5S. The molecule has 0 aliphatic heterocycles. The van der Waals surface area contributed by atoms with Crippen molar-refractivity contribution < 1.29 is 18.8 Å². The van der Waals surface area contributed by atoms with Gasteiger partial charge in [-0.3, -0.25) is 9.59 Å². The van der Waals surface area contributed by atoms with E-state index < -0.39 is 5.91 Å². The average Bonchev–Trinajstić information content (AvgIpc) is 3.47. The van der Waals surface area contributed by atoms with Gasteiger partial charge in [-0.05, 0) is 37.1 Å². The molecule has 11 nitrogen and oxygen atoms in total. The van der Waals surface area contributed by atoms with Gasteiger partial charge in [-0.2, -0.15) is 14.9 Å². The maximum atomic E-state index is 12.4. The number of aromatic nitrogens is 4. The Morgan fingerprint density at radius 1 is 1.31 bits per heavy atom. The molecule has 0 bridgehead atoms. The normalized spacial score (nSPS) is 11.3. The van der Waals surface area contributed by atoms with Crippen molar-refractivity contribution in [2.45, 2.75) is 26.9 Å². The van der Waals surface area contributed by atoms with Crippen LogP contribution in [-0.4, -0.2) is 32.8 Å². The number of aryl methyl sites for hydroxylation is 2. The number of hydrogen-bond donors (Lipinski definition) is 1. The van der Waals surface area contributed by atoms with Gasteiger partial charge in [0.1, 0.15) is 29.0 Å². The minimum absolute atomic E-state index is 0.0413. The second kappa shape index (κ2) is 10.2. The minimum Gasteiger partial charge on any atom is -0.493 e. The summed E-state index contributed by atoms with van der Waals surface area (Å²) in [5.41, 5.74) is 0.598. The zero-order valence-electron chi connectivity index (χ0n) is 19.1. The lowest BCUT2D eigenvalue weighted by molar-refractivity contribution is -0.112. The number of amides is 1. The molecule has 0 aliphatic carbocycles. The van der Waals surface area contributed by atoms with Crippen molar-refractivity contribution in [1.29, 1.82) is 5.26 Å². The third-order valence-corrected chi connectivity index (χ3v) is 5.80. The van der Waals surface area contributed by atoms with Gasteiger partial charge in [0.25, 0.3) is 11.5 Å². The van der Waals surface area contributed by atoms with E-state index in [2.05, 4.69) is 20.6 Å². The lowest BCUT2D eigenvalue weighted by Crippen LogP contribution is -2.16. The maximum absolute atomic E-state index is 12.4. The lowest BCUT2D eigenvalue weighted by Gasteiger charge is -2.11. The first-order chi connectivity index (χ1) is 16.9. The predicted molar refractivity (Wildman–Crippen MR) is 127 cm³/mol. The van der Waals surface area contributed by atoms with Crippen molar-refractivity contribution in [2.75, 3.05) is 12.4 Å². The van der Waals surface area contributed by atoms with E-state index in [0.717, 1.165) is 5.01 Å². The van der Waals surface area contributed by atoms with Crippen LogP contribution in [0.15, 0.2) is 45.2 Å². The van der Waals surface area contributed by atoms with Gasteiger partial charge in [-0.15, -0.1) is 0 Å². The Bertz CT molecular complexity index is 1530. The molecule has 0 aliphatic rings. The van der Waals surface area contributed by atoms with E-state index in [4.69, 9.17) is 14.0 Å². The first-order valence-electron chi connectivity index (χ1n) is 10.5. The van der Waals surface area contributed by atoms with Crippen molar-refractivity contribution in [3.63, 3.8) is 0 Å². The summed E-state index contributed by atoms with van der Waals surface area (Å²) in [6, 6.07) is 9.74. The first kappa shape index (κ1) is 23.7. The SMILES string of the molecule is CCc1nn2c(=O)cc(COc3ccc(/C=C(/C#N)C(=O)Nc4cc(C)on4)cc3OC)nc2s1. The van der Waals surface area contributed by atoms with Gasteiger partial charge in [0, 0.05) is 12.1 Å². The lowest BCUT2D eigenvalue weighted by atomic mass is 10.1. The number of rotatable bonds is 8. The molecule has 4 rings (SSSR count). The molecule has 0 saturated carbocycles. The summed E-state index contributed by atoms with van der Waals surface area (Å²) in [5, 5.41) is 20.7. The molecule has 0 spiro atoms. The zero-order valence-corrected chi connectivity index (χ0v) is 19.9. The second-order valence-corrected chi connectivity index (χ2v) is 8.32. The van der Waals surface area contributed by atoms with Gasteiger partial charge >= 0.3 is 0 Å². The summed E-state index contributed by atoms with van der Waals surface area (Å²) < 4.78 is 17.4. The maximum Gasteiger partial charge on any atom is 0.275 e. The highest BCUT2D eigenvalue weighted by molar-refractivity contribution is 7.16. The molecule has 178 valence electrons. The Morgan fingerprint density at radius 3 is 2.83 bits per heavy atom. The Balaban J connectivity index is 1.51. The molecule has 35 heavy (non-hydrogen) atoms. The number of ether oxygens (including phenoxy) is 2. The van der Waals surface area contributed by atoms with E-state index in [0.29, 0.717) is 39.9 Å². The molecule has 1 N–H and O–H groups in total. The van der Waals surface area contributed by atoms with Crippen LogP contribution in [0, 0.1) is 18.3 Å².